The summed E-state index contributed by atoms with van der Waals surface area (Å²) in [7, 11) is 0. The van der Waals surface area contributed by atoms with Crippen LogP contribution in [0.15, 0.2) is 35.3 Å². The predicted octanol–water partition coefficient (Wildman–Crippen LogP) is 3.15. The zero-order valence-electron chi connectivity index (χ0n) is 17.1. The van der Waals surface area contributed by atoms with Crippen LogP contribution >= 0.6 is 0 Å². The van der Waals surface area contributed by atoms with Crippen molar-refractivity contribution in [2.75, 3.05) is 19.6 Å². The van der Waals surface area contributed by atoms with Crippen LogP contribution in [0.4, 0.5) is 4.39 Å². The Bertz CT molecular complexity index is 969. The van der Waals surface area contributed by atoms with Crippen molar-refractivity contribution in [2.45, 2.75) is 46.2 Å². The number of pyridine rings is 1. The summed E-state index contributed by atoms with van der Waals surface area (Å²) in [5.41, 5.74) is 3.13. The van der Waals surface area contributed by atoms with Gasteiger partial charge in [0.15, 0.2) is 5.43 Å². The van der Waals surface area contributed by atoms with Crippen LogP contribution < -0.4 is 5.43 Å². The quantitative estimate of drug-likeness (QED) is 0.862. The van der Waals surface area contributed by atoms with Gasteiger partial charge in [-0.25, -0.2) is 4.39 Å². The monoisotopic (exact) mass is 397 g/mol. The van der Waals surface area contributed by atoms with Gasteiger partial charge in [0, 0.05) is 49.2 Å². The van der Waals surface area contributed by atoms with Crippen molar-refractivity contribution in [1.82, 2.24) is 14.8 Å². The molecule has 29 heavy (non-hydrogen) atoms. The molecule has 3 heterocycles. The van der Waals surface area contributed by atoms with Gasteiger partial charge in [0.25, 0.3) is 0 Å². The minimum absolute atomic E-state index is 0.0897. The Morgan fingerprint density at radius 3 is 2.59 bits per heavy atom. The van der Waals surface area contributed by atoms with Gasteiger partial charge in [-0.1, -0.05) is 12.1 Å². The molecule has 1 spiro atoms. The molecular formula is C23H28FN3O2. The number of aromatic amines is 1. The van der Waals surface area contributed by atoms with E-state index in [2.05, 4.69) is 9.88 Å². The van der Waals surface area contributed by atoms with Crippen molar-refractivity contribution in [3.8, 4) is 0 Å². The number of likely N-dealkylation sites (tertiary alicyclic amines) is 2. The summed E-state index contributed by atoms with van der Waals surface area (Å²) in [4.78, 5) is 33.0. The van der Waals surface area contributed by atoms with Crippen LogP contribution in [0.25, 0.3) is 0 Å². The van der Waals surface area contributed by atoms with Gasteiger partial charge in [-0.3, -0.25) is 14.5 Å². The summed E-state index contributed by atoms with van der Waals surface area (Å²) in [5.74, 6) is -0.0456. The Labute approximate surface area is 170 Å². The van der Waals surface area contributed by atoms with Crippen molar-refractivity contribution in [3.05, 3.63) is 68.9 Å². The molecular weight excluding hydrogens is 369 g/mol. The number of H-pyrrole nitrogens is 1. The second kappa shape index (κ2) is 7.75. The summed E-state index contributed by atoms with van der Waals surface area (Å²) >= 11 is 0. The molecule has 2 aromatic rings. The minimum Gasteiger partial charge on any atom is -0.363 e. The molecule has 1 amide bonds. The fourth-order valence-corrected chi connectivity index (χ4v) is 4.77. The smallest absolute Gasteiger partial charge is 0.230 e. The number of rotatable bonds is 4. The summed E-state index contributed by atoms with van der Waals surface area (Å²) in [6, 6.07) is 6.39. The van der Waals surface area contributed by atoms with E-state index in [1.165, 1.54) is 12.1 Å². The van der Waals surface area contributed by atoms with Crippen molar-refractivity contribution >= 4 is 5.91 Å². The van der Waals surface area contributed by atoms with Gasteiger partial charge in [-0.2, -0.15) is 0 Å². The number of hydrogen-bond acceptors (Lipinski definition) is 3. The van der Waals surface area contributed by atoms with Crippen LogP contribution in [0.5, 0.6) is 0 Å². The molecule has 1 aromatic carbocycles. The third-order valence-corrected chi connectivity index (χ3v) is 6.54. The number of benzene rings is 1. The topological polar surface area (TPSA) is 56.4 Å². The molecule has 0 saturated carbocycles. The fraction of sp³-hybridized carbons (Fsp3) is 0.478. The van der Waals surface area contributed by atoms with Crippen LogP contribution in [0.2, 0.25) is 0 Å². The first kappa shape index (κ1) is 19.8. The SMILES string of the molecule is Cc1c[nH]c(CN2CCC3(CCCN(Cc4ccc(F)cc4)C3=O)C2)c(C)c1=O. The summed E-state index contributed by atoms with van der Waals surface area (Å²) < 4.78 is 13.2. The number of aryl methyl sites for hydroxylation is 1. The van der Waals surface area contributed by atoms with Gasteiger partial charge < -0.3 is 9.88 Å². The van der Waals surface area contributed by atoms with Crippen LogP contribution in [0, 0.1) is 25.1 Å². The van der Waals surface area contributed by atoms with E-state index in [4.69, 9.17) is 0 Å². The Morgan fingerprint density at radius 2 is 1.83 bits per heavy atom. The summed E-state index contributed by atoms with van der Waals surface area (Å²) in [6.07, 6.45) is 4.51. The van der Waals surface area contributed by atoms with Crippen LogP contribution in [0.1, 0.15) is 41.6 Å². The highest BCUT2D eigenvalue weighted by molar-refractivity contribution is 5.84. The number of nitrogens with zero attached hydrogens (tertiary/aromatic N) is 2. The van der Waals surface area contributed by atoms with E-state index in [0.717, 1.165) is 61.3 Å². The van der Waals surface area contributed by atoms with Crippen LogP contribution in [-0.4, -0.2) is 40.3 Å². The van der Waals surface area contributed by atoms with Gasteiger partial charge in [-0.15, -0.1) is 0 Å². The summed E-state index contributed by atoms with van der Waals surface area (Å²) in [5, 5.41) is 0. The lowest BCUT2D eigenvalue weighted by molar-refractivity contribution is -0.146. The van der Waals surface area contributed by atoms with E-state index in [9.17, 15) is 14.0 Å². The van der Waals surface area contributed by atoms with Gasteiger partial charge in [-0.05, 0) is 57.4 Å². The lowest BCUT2D eigenvalue weighted by atomic mass is 9.78. The number of amides is 1. The average molecular weight is 397 g/mol. The largest absolute Gasteiger partial charge is 0.363 e. The molecule has 5 nitrogen and oxygen atoms in total. The number of hydrogen-bond donors (Lipinski definition) is 1. The van der Waals surface area contributed by atoms with Crippen molar-refractivity contribution in [3.63, 3.8) is 0 Å². The first-order valence-electron chi connectivity index (χ1n) is 10.3. The number of aromatic nitrogens is 1. The number of piperidine rings is 1. The Hall–Kier alpha value is -2.47. The normalized spacial score (nSPS) is 22.6. The molecule has 0 radical (unpaired) electrons. The number of carbonyl (C=O) groups is 1. The van der Waals surface area contributed by atoms with E-state index in [1.807, 2.05) is 18.7 Å². The molecule has 154 valence electrons. The van der Waals surface area contributed by atoms with Gasteiger partial charge in [0.2, 0.25) is 5.91 Å². The first-order chi connectivity index (χ1) is 13.9. The number of nitrogens with one attached hydrogen (secondary N) is 1. The highest BCUT2D eigenvalue weighted by atomic mass is 19.1. The first-order valence-corrected chi connectivity index (χ1v) is 10.3. The Kier molecular flexibility index (Phi) is 5.30. The van der Waals surface area contributed by atoms with Crippen LogP contribution in [0.3, 0.4) is 0 Å². The van der Waals surface area contributed by atoms with E-state index in [0.29, 0.717) is 13.1 Å². The maximum absolute atomic E-state index is 13.4. The van der Waals surface area contributed by atoms with Crippen molar-refractivity contribution in [2.24, 2.45) is 5.41 Å². The predicted molar refractivity (Wildman–Crippen MR) is 110 cm³/mol. The third kappa shape index (κ3) is 3.86. The molecule has 0 bridgehead atoms. The van der Waals surface area contributed by atoms with Gasteiger partial charge in [0.1, 0.15) is 5.82 Å². The second-order valence-corrected chi connectivity index (χ2v) is 8.60. The molecule has 6 heteroatoms. The van der Waals surface area contributed by atoms with Gasteiger partial charge in [0.05, 0.1) is 5.41 Å². The van der Waals surface area contributed by atoms with Crippen molar-refractivity contribution in [1.29, 1.82) is 0 Å². The van der Waals surface area contributed by atoms with Crippen LogP contribution in [-0.2, 0) is 17.9 Å². The number of carbonyl (C=O) groups excluding carboxylic acids is 1. The molecule has 4 rings (SSSR count). The molecule has 2 saturated heterocycles. The average Bonchev–Trinajstić information content (AvgIpc) is 3.11. The molecule has 2 fully saturated rings. The highest BCUT2D eigenvalue weighted by Gasteiger charge is 2.48. The third-order valence-electron chi connectivity index (χ3n) is 6.54. The Balaban J connectivity index is 1.46. The molecule has 0 aliphatic carbocycles. The fourth-order valence-electron chi connectivity index (χ4n) is 4.77. The number of halogens is 1. The van der Waals surface area contributed by atoms with E-state index >= 15 is 0 Å². The van der Waals surface area contributed by atoms with E-state index in [-0.39, 0.29) is 22.6 Å². The molecule has 1 N–H and O–H groups in total. The maximum atomic E-state index is 13.4. The standard InChI is InChI=1S/C23H28FN3O2/c1-16-12-25-20(17(2)21(16)28)14-26-11-9-23(15-26)8-3-10-27(22(23)29)13-18-4-6-19(24)7-5-18/h4-7,12H,3,8-11,13-15H2,1-2H3,(H,25,28). The maximum Gasteiger partial charge on any atom is 0.230 e. The summed E-state index contributed by atoms with van der Waals surface area (Å²) in [6.45, 7) is 7.20. The lowest BCUT2D eigenvalue weighted by Crippen LogP contribution is -2.49. The Morgan fingerprint density at radius 1 is 1.07 bits per heavy atom. The second-order valence-electron chi connectivity index (χ2n) is 8.60. The van der Waals surface area contributed by atoms with Gasteiger partial charge >= 0.3 is 0 Å². The zero-order valence-corrected chi connectivity index (χ0v) is 17.1. The molecule has 2 aliphatic heterocycles. The lowest BCUT2D eigenvalue weighted by Gasteiger charge is -2.39. The van der Waals surface area contributed by atoms with E-state index in [1.54, 1.807) is 18.3 Å². The van der Waals surface area contributed by atoms with E-state index < -0.39 is 0 Å². The molecule has 1 unspecified atom stereocenters. The minimum atomic E-state index is -0.336. The zero-order chi connectivity index (χ0) is 20.6. The molecule has 2 aliphatic rings. The van der Waals surface area contributed by atoms with Crippen molar-refractivity contribution < 1.29 is 9.18 Å². The molecule has 1 atom stereocenters. The highest BCUT2D eigenvalue weighted by Crippen LogP contribution is 2.41. The molecule has 1 aromatic heterocycles.